The van der Waals surface area contributed by atoms with Crippen LogP contribution in [0.25, 0.3) is 0 Å². The van der Waals surface area contributed by atoms with Crippen LogP contribution in [0.2, 0.25) is 0 Å². The standard InChI is InChI=1S/C11H20N2/c1-3-5-11(13-12)10-7-6-9(4-2)8-10/h1,9-11,13H,4-8,12H2,2H3. The van der Waals surface area contributed by atoms with E-state index in [-0.39, 0.29) is 0 Å². The van der Waals surface area contributed by atoms with E-state index in [1.165, 1.54) is 25.7 Å². The second-order valence-electron chi connectivity index (χ2n) is 4.03. The van der Waals surface area contributed by atoms with Crippen LogP contribution in [-0.2, 0) is 0 Å². The van der Waals surface area contributed by atoms with Gasteiger partial charge in [-0.05, 0) is 24.7 Å². The monoisotopic (exact) mass is 180 g/mol. The summed E-state index contributed by atoms with van der Waals surface area (Å²) in [6, 6.07) is 0.335. The third kappa shape index (κ3) is 2.72. The summed E-state index contributed by atoms with van der Waals surface area (Å²) in [5.41, 5.74) is 2.85. The Labute approximate surface area is 81.2 Å². The van der Waals surface area contributed by atoms with Crippen LogP contribution in [0.15, 0.2) is 0 Å². The molecule has 0 spiro atoms. The molecule has 74 valence electrons. The largest absolute Gasteiger partial charge is 0.271 e. The van der Waals surface area contributed by atoms with Gasteiger partial charge in [-0.3, -0.25) is 11.3 Å². The molecule has 3 unspecified atom stereocenters. The summed E-state index contributed by atoms with van der Waals surface area (Å²) in [4.78, 5) is 0. The van der Waals surface area contributed by atoms with Gasteiger partial charge in [0.1, 0.15) is 0 Å². The van der Waals surface area contributed by atoms with Crippen molar-refractivity contribution >= 4 is 0 Å². The molecule has 0 aromatic rings. The molecule has 3 atom stereocenters. The maximum atomic E-state index is 5.48. The molecule has 1 fully saturated rings. The van der Waals surface area contributed by atoms with Gasteiger partial charge in [-0.2, -0.15) is 0 Å². The van der Waals surface area contributed by atoms with Crippen molar-refractivity contribution in [3.63, 3.8) is 0 Å². The molecule has 0 aliphatic heterocycles. The van der Waals surface area contributed by atoms with Crippen molar-refractivity contribution in [1.29, 1.82) is 0 Å². The van der Waals surface area contributed by atoms with Crippen LogP contribution in [0.5, 0.6) is 0 Å². The third-order valence-electron chi connectivity index (χ3n) is 3.28. The highest BCUT2D eigenvalue weighted by Gasteiger charge is 2.28. The molecule has 0 bridgehead atoms. The minimum atomic E-state index is 0.335. The molecule has 3 N–H and O–H groups in total. The minimum absolute atomic E-state index is 0.335. The van der Waals surface area contributed by atoms with E-state index in [0.717, 1.165) is 12.3 Å². The molecule has 0 aromatic heterocycles. The fourth-order valence-corrected chi connectivity index (χ4v) is 2.34. The summed E-state index contributed by atoms with van der Waals surface area (Å²) < 4.78 is 0. The summed E-state index contributed by atoms with van der Waals surface area (Å²) >= 11 is 0. The van der Waals surface area contributed by atoms with E-state index in [9.17, 15) is 0 Å². The molecule has 0 amide bonds. The van der Waals surface area contributed by atoms with Crippen LogP contribution >= 0.6 is 0 Å². The Morgan fingerprint density at radius 3 is 2.85 bits per heavy atom. The SMILES string of the molecule is C#CCC(NN)C1CCC(CC)C1. The first kappa shape index (κ1) is 10.6. The summed E-state index contributed by atoms with van der Waals surface area (Å²) in [6.07, 6.45) is 11.3. The highest BCUT2D eigenvalue weighted by Crippen LogP contribution is 2.35. The fraction of sp³-hybridized carbons (Fsp3) is 0.818. The quantitative estimate of drug-likeness (QED) is 0.392. The van der Waals surface area contributed by atoms with Crippen molar-refractivity contribution in [3.8, 4) is 12.3 Å². The van der Waals surface area contributed by atoms with Crippen molar-refractivity contribution in [1.82, 2.24) is 5.43 Å². The van der Waals surface area contributed by atoms with Crippen LogP contribution < -0.4 is 11.3 Å². The molecule has 0 heterocycles. The Hall–Kier alpha value is -0.520. The second-order valence-corrected chi connectivity index (χ2v) is 4.03. The first-order valence-corrected chi connectivity index (χ1v) is 5.21. The van der Waals surface area contributed by atoms with Gasteiger partial charge in [0.2, 0.25) is 0 Å². The van der Waals surface area contributed by atoms with Gasteiger partial charge >= 0.3 is 0 Å². The molecule has 2 heteroatoms. The smallest absolute Gasteiger partial charge is 0.0348 e. The number of rotatable bonds is 4. The molecule has 2 nitrogen and oxygen atoms in total. The number of nitrogens with two attached hydrogens (primary N) is 1. The minimum Gasteiger partial charge on any atom is -0.271 e. The van der Waals surface area contributed by atoms with Crippen molar-refractivity contribution < 1.29 is 0 Å². The predicted octanol–water partition coefficient (Wildman–Crippen LogP) is 1.67. The Morgan fingerprint density at radius 1 is 1.62 bits per heavy atom. The van der Waals surface area contributed by atoms with Crippen molar-refractivity contribution in [2.45, 2.75) is 45.1 Å². The molecule has 13 heavy (non-hydrogen) atoms. The molecule has 1 aliphatic carbocycles. The average molecular weight is 180 g/mol. The summed E-state index contributed by atoms with van der Waals surface area (Å²) in [5, 5.41) is 0. The summed E-state index contributed by atoms with van der Waals surface area (Å²) in [7, 11) is 0. The zero-order chi connectivity index (χ0) is 9.68. The Balaban J connectivity index is 2.39. The van der Waals surface area contributed by atoms with Crippen molar-refractivity contribution in [2.75, 3.05) is 0 Å². The van der Waals surface area contributed by atoms with Crippen LogP contribution in [0.3, 0.4) is 0 Å². The van der Waals surface area contributed by atoms with Crippen LogP contribution in [-0.4, -0.2) is 6.04 Å². The van der Waals surface area contributed by atoms with Gasteiger partial charge in [-0.15, -0.1) is 12.3 Å². The van der Waals surface area contributed by atoms with Crippen molar-refractivity contribution in [2.24, 2.45) is 17.7 Å². The third-order valence-corrected chi connectivity index (χ3v) is 3.28. The molecule has 0 saturated heterocycles. The molecular formula is C11H20N2. The highest BCUT2D eigenvalue weighted by molar-refractivity contribution is 4.93. The van der Waals surface area contributed by atoms with Gasteiger partial charge in [0.05, 0.1) is 0 Å². The number of hydrazine groups is 1. The molecule has 0 aromatic carbocycles. The zero-order valence-electron chi connectivity index (χ0n) is 8.42. The van der Waals surface area contributed by atoms with E-state index < -0.39 is 0 Å². The van der Waals surface area contributed by atoms with Gasteiger partial charge in [0.25, 0.3) is 0 Å². The lowest BCUT2D eigenvalue weighted by molar-refractivity contribution is 0.355. The van der Waals surface area contributed by atoms with Gasteiger partial charge in [-0.1, -0.05) is 19.8 Å². The maximum absolute atomic E-state index is 5.48. The maximum Gasteiger partial charge on any atom is 0.0348 e. The van der Waals surface area contributed by atoms with Gasteiger partial charge in [0.15, 0.2) is 0 Å². The molecule has 1 rings (SSSR count). The van der Waals surface area contributed by atoms with Crippen molar-refractivity contribution in [3.05, 3.63) is 0 Å². The Kier molecular flexibility index (Phi) is 4.27. The van der Waals surface area contributed by atoms with E-state index >= 15 is 0 Å². The van der Waals surface area contributed by atoms with Crippen LogP contribution in [0, 0.1) is 24.2 Å². The van der Waals surface area contributed by atoms with E-state index in [1.807, 2.05) is 0 Å². The van der Waals surface area contributed by atoms with E-state index in [1.54, 1.807) is 0 Å². The normalized spacial score (nSPS) is 29.9. The van der Waals surface area contributed by atoms with E-state index in [0.29, 0.717) is 12.0 Å². The first-order valence-electron chi connectivity index (χ1n) is 5.21. The second kappa shape index (κ2) is 5.26. The highest BCUT2D eigenvalue weighted by atomic mass is 15.2. The van der Waals surface area contributed by atoms with E-state index in [4.69, 9.17) is 12.3 Å². The lowest BCUT2D eigenvalue weighted by Gasteiger charge is -2.20. The number of hydrogen-bond donors (Lipinski definition) is 2. The molecule has 1 saturated carbocycles. The average Bonchev–Trinajstić information content (AvgIpc) is 2.62. The Bertz CT molecular complexity index is 183. The van der Waals surface area contributed by atoms with Gasteiger partial charge < -0.3 is 0 Å². The Morgan fingerprint density at radius 2 is 2.38 bits per heavy atom. The van der Waals surface area contributed by atoms with Crippen LogP contribution in [0.4, 0.5) is 0 Å². The van der Waals surface area contributed by atoms with Crippen LogP contribution in [0.1, 0.15) is 39.0 Å². The van der Waals surface area contributed by atoms with Gasteiger partial charge in [-0.25, -0.2) is 0 Å². The molecule has 1 aliphatic rings. The number of terminal acetylenes is 1. The van der Waals surface area contributed by atoms with E-state index in [2.05, 4.69) is 18.3 Å². The molecule has 0 radical (unpaired) electrons. The number of hydrogen-bond acceptors (Lipinski definition) is 2. The zero-order valence-corrected chi connectivity index (χ0v) is 8.42. The molecular weight excluding hydrogens is 160 g/mol. The number of nitrogens with one attached hydrogen (secondary N) is 1. The fourth-order valence-electron chi connectivity index (χ4n) is 2.34. The lowest BCUT2D eigenvalue weighted by atomic mass is 9.94. The first-order chi connectivity index (χ1) is 6.31. The predicted molar refractivity (Wildman–Crippen MR) is 55.7 cm³/mol. The summed E-state index contributed by atoms with van der Waals surface area (Å²) in [5.74, 6) is 9.77. The lowest BCUT2D eigenvalue weighted by Crippen LogP contribution is -2.39. The van der Waals surface area contributed by atoms with Gasteiger partial charge in [0, 0.05) is 12.5 Å². The summed E-state index contributed by atoms with van der Waals surface area (Å²) in [6.45, 7) is 2.26. The topological polar surface area (TPSA) is 38.0 Å².